The van der Waals surface area contributed by atoms with Gasteiger partial charge in [0.2, 0.25) is 0 Å². The SMILES string of the molecule is Cc1c(C=N)c(N)cc(Cl)c1C(F)(F)F. The standard InChI is InChI=1S/C9H8ClF3N2/c1-4-5(3-14)7(15)2-6(10)8(4)9(11,12)13/h2-3,14H,15H2,1H3. The Hall–Kier alpha value is -1.23. The average molecular weight is 237 g/mol. The van der Waals surface area contributed by atoms with Crippen molar-refractivity contribution in [2.75, 3.05) is 5.73 Å². The molecule has 0 aliphatic carbocycles. The summed E-state index contributed by atoms with van der Waals surface area (Å²) in [6.45, 7) is 1.24. The van der Waals surface area contributed by atoms with Crippen LogP contribution in [0.3, 0.4) is 0 Å². The van der Waals surface area contributed by atoms with Crippen molar-refractivity contribution in [2.24, 2.45) is 0 Å². The van der Waals surface area contributed by atoms with Crippen LogP contribution >= 0.6 is 11.6 Å². The molecule has 15 heavy (non-hydrogen) atoms. The number of halogens is 4. The molecule has 6 heteroatoms. The highest BCUT2D eigenvalue weighted by Crippen LogP contribution is 2.39. The van der Waals surface area contributed by atoms with Crippen molar-refractivity contribution in [3.63, 3.8) is 0 Å². The van der Waals surface area contributed by atoms with Crippen LogP contribution < -0.4 is 5.73 Å². The number of alkyl halides is 3. The fraction of sp³-hybridized carbons (Fsp3) is 0.222. The number of nitrogens with one attached hydrogen (secondary N) is 1. The van der Waals surface area contributed by atoms with Gasteiger partial charge in [-0.15, -0.1) is 0 Å². The molecule has 0 saturated heterocycles. The van der Waals surface area contributed by atoms with E-state index in [9.17, 15) is 13.2 Å². The van der Waals surface area contributed by atoms with Gasteiger partial charge in [-0.25, -0.2) is 0 Å². The van der Waals surface area contributed by atoms with E-state index in [4.69, 9.17) is 22.7 Å². The van der Waals surface area contributed by atoms with Gasteiger partial charge in [-0.1, -0.05) is 11.6 Å². The fourth-order valence-corrected chi connectivity index (χ4v) is 1.72. The molecule has 0 spiro atoms. The zero-order valence-electron chi connectivity index (χ0n) is 7.74. The number of hydrogen-bond donors (Lipinski definition) is 2. The van der Waals surface area contributed by atoms with Gasteiger partial charge in [-0.05, 0) is 18.6 Å². The van der Waals surface area contributed by atoms with Gasteiger partial charge in [0, 0.05) is 17.5 Å². The lowest BCUT2D eigenvalue weighted by Crippen LogP contribution is -2.11. The van der Waals surface area contributed by atoms with Gasteiger partial charge in [-0.2, -0.15) is 13.2 Å². The number of nitrogens with two attached hydrogens (primary N) is 1. The van der Waals surface area contributed by atoms with Crippen molar-refractivity contribution in [2.45, 2.75) is 13.1 Å². The molecule has 1 rings (SSSR count). The summed E-state index contributed by atoms with van der Waals surface area (Å²) in [5.74, 6) is 0. The van der Waals surface area contributed by atoms with E-state index < -0.39 is 16.8 Å². The molecule has 0 unspecified atom stereocenters. The first-order chi connectivity index (χ1) is 6.79. The van der Waals surface area contributed by atoms with Crippen molar-refractivity contribution in [1.29, 1.82) is 5.41 Å². The van der Waals surface area contributed by atoms with Crippen LogP contribution in [0.15, 0.2) is 6.07 Å². The van der Waals surface area contributed by atoms with E-state index in [1.165, 1.54) is 6.92 Å². The van der Waals surface area contributed by atoms with Crippen LogP contribution in [0.5, 0.6) is 0 Å². The molecule has 0 fully saturated rings. The summed E-state index contributed by atoms with van der Waals surface area (Å²) in [6, 6.07) is 1.01. The van der Waals surface area contributed by atoms with Gasteiger partial charge >= 0.3 is 6.18 Å². The maximum Gasteiger partial charge on any atom is 0.418 e. The maximum absolute atomic E-state index is 12.6. The van der Waals surface area contributed by atoms with Gasteiger partial charge in [0.05, 0.1) is 10.6 Å². The Morgan fingerprint density at radius 3 is 2.40 bits per heavy atom. The summed E-state index contributed by atoms with van der Waals surface area (Å²) in [7, 11) is 0. The van der Waals surface area contributed by atoms with Crippen LogP contribution in [0, 0.1) is 12.3 Å². The van der Waals surface area contributed by atoms with E-state index >= 15 is 0 Å². The topological polar surface area (TPSA) is 49.9 Å². The van der Waals surface area contributed by atoms with E-state index in [0.29, 0.717) is 0 Å². The summed E-state index contributed by atoms with van der Waals surface area (Å²) in [5, 5.41) is 6.54. The quantitative estimate of drug-likeness (QED) is 0.571. The number of benzene rings is 1. The van der Waals surface area contributed by atoms with Crippen molar-refractivity contribution in [3.05, 3.63) is 27.8 Å². The number of anilines is 1. The molecule has 1 aromatic carbocycles. The monoisotopic (exact) mass is 236 g/mol. The Morgan fingerprint density at radius 2 is 2.00 bits per heavy atom. The van der Waals surface area contributed by atoms with Crippen LogP contribution in [-0.2, 0) is 6.18 Å². The van der Waals surface area contributed by atoms with E-state index in [-0.39, 0.29) is 16.8 Å². The lowest BCUT2D eigenvalue weighted by molar-refractivity contribution is -0.137. The third kappa shape index (κ3) is 2.07. The van der Waals surface area contributed by atoms with E-state index in [2.05, 4.69) is 0 Å². The van der Waals surface area contributed by atoms with Gasteiger partial charge < -0.3 is 11.1 Å². The molecule has 2 nitrogen and oxygen atoms in total. The molecule has 0 aromatic heterocycles. The molecular weight excluding hydrogens is 229 g/mol. The van der Waals surface area contributed by atoms with Crippen LogP contribution in [0.25, 0.3) is 0 Å². The van der Waals surface area contributed by atoms with Crippen LogP contribution in [0.2, 0.25) is 5.02 Å². The highest BCUT2D eigenvalue weighted by molar-refractivity contribution is 6.32. The predicted molar refractivity (Wildman–Crippen MR) is 53.5 cm³/mol. The van der Waals surface area contributed by atoms with Crippen molar-refractivity contribution in [1.82, 2.24) is 0 Å². The molecule has 1 aromatic rings. The Bertz CT molecular complexity index is 413. The molecule has 0 aliphatic rings. The Balaban J connectivity index is 3.60. The lowest BCUT2D eigenvalue weighted by Gasteiger charge is -2.15. The molecule has 0 atom stereocenters. The predicted octanol–water partition coefficient (Wildman–Crippen LogP) is 3.25. The number of rotatable bonds is 1. The second-order valence-corrected chi connectivity index (χ2v) is 3.41. The molecule has 0 saturated carbocycles. The molecule has 0 bridgehead atoms. The van der Waals surface area contributed by atoms with Crippen LogP contribution in [0.1, 0.15) is 16.7 Å². The Morgan fingerprint density at radius 1 is 1.47 bits per heavy atom. The van der Waals surface area contributed by atoms with Crippen LogP contribution in [-0.4, -0.2) is 6.21 Å². The first-order valence-electron chi connectivity index (χ1n) is 3.95. The first-order valence-corrected chi connectivity index (χ1v) is 4.33. The van der Waals surface area contributed by atoms with Gasteiger partial charge in [0.1, 0.15) is 0 Å². The summed E-state index contributed by atoms with van der Waals surface area (Å²) in [4.78, 5) is 0. The third-order valence-corrected chi connectivity index (χ3v) is 2.34. The summed E-state index contributed by atoms with van der Waals surface area (Å²) >= 11 is 5.47. The highest BCUT2D eigenvalue weighted by atomic mass is 35.5. The smallest absolute Gasteiger partial charge is 0.398 e. The summed E-state index contributed by atoms with van der Waals surface area (Å²) in [6.07, 6.45) is -3.75. The number of nitrogen functional groups attached to an aromatic ring is 1. The van der Waals surface area contributed by atoms with Crippen molar-refractivity contribution in [3.8, 4) is 0 Å². The average Bonchev–Trinajstić information content (AvgIpc) is 2.00. The zero-order valence-corrected chi connectivity index (χ0v) is 8.50. The molecule has 3 N–H and O–H groups in total. The second-order valence-electron chi connectivity index (χ2n) is 3.00. The van der Waals surface area contributed by atoms with E-state index in [0.717, 1.165) is 12.3 Å². The van der Waals surface area contributed by atoms with Gasteiger partial charge in [0.25, 0.3) is 0 Å². The molecule has 82 valence electrons. The largest absolute Gasteiger partial charge is 0.418 e. The van der Waals surface area contributed by atoms with Gasteiger partial charge in [0.15, 0.2) is 0 Å². The maximum atomic E-state index is 12.6. The minimum atomic E-state index is -4.54. The van der Waals surface area contributed by atoms with Gasteiger partial charge in [-0.3, -0.25) is 0 Å². The second kappa shape index (κ2) is 3.73. The van der Waals surface area contributed by atoms with E-state index in [1.54, 1.807) is 0 Å². The zero-order chi connectivity index (χ0) is 11.8. The summed E-state index contributed by atoms with van der Waals surface area (Å²) < 4.78 is 37.7. The lowest BCUT2D eigenvalue weighted by atomic mass is 10.0. The minimum absolute atomic E-state index is 0.0479. The van der Waals surface area contributed by atoms with E-state index in [1.807, 2.05) is 0 Å². The third-order valence-electron chi connectivity index (χ3n) is 2.04. The van der Waals surface area contributed by atoms with Crippen molar-refractivity contribution >= 4 is 23.5 Å². The Labute approximate surface area is 89.4 Å². The molecule has 0 amide bonds. The Kier molecular flexibility index (Phi) is 2.95. The fourth-order valence-electron chi connectivity index (χ4n) is 1.36. The number of hydrogen-bond acceptors (Lipinski definition) is 2. The molecular formula is C9H8ClF3N2. The summed E-state index contributed by atoms with van der Waals surface area (Å²) in [5.41, 5.74) is 4.50. The van der Waals surface area contributed by atoms with Crippen molar-refractivity contribution < 1.29 is 13.2 Å². The first kappa shape index (κ1) is 11.8. The minimum Gasteiger partial charge on any atom is -0.398 e. The molecule has 0 heterocycles. The molecule has 0 radical (unpaired) electrons. The van der Waals surface area contributed by atoms with Crippen LogP contribution in [0.4, 0.5) is 18.9 Å². The highest BCUT2D eigenvalue weighted by Gasteiger charge is 2.36. The normalized spacial score (nSPS) is 11.5. The molecule has 0 aliphatic heterocycles.